The Morgan fingerprint density at radius 2 is 1.47 bits per heavy atom. The molecule has 0 aliphatic carbocycles. The van der Waals surface area contributed by atoms with Gasteiger partial charge in [0.25, 0.3) is 0 Å². The van der Waals surface area contributed by atoms with Crippen LogP contribution in [0.15, 0.2) is 0 Å². The van der Waals surface area contributed by atoms with Crippen molar-refractivity contribution >= 4 is 5.78 Å². The first-order chi connectivity index (χ1) is 9.18. The third-order valence-electron chi connectivity index (χ3n) is 3.85. The molecule has 0 bridgehead atoms. The standard InChI is InChI=1S/C12H22N2O.2C2H6/c1-9(2)14-5-3-10(4-6-14)12(15)11-7-13-8-11;2*1-2/h9-11,13H,3-8H2,1-2H3;2*1-2H3. The number of rotatable bonds is 3. The fraction of sp³-hybridized carbons (Fsp3) is 0.938. The number of likely N-dealkylation sites (tertiary alicyclic amines) is 1. The Hall–Kier alpha value is -0.410. The van der Waals surface area contributed by atoms with Crippen LogP contribution in [-0.2, 0) is 4.79 Å². The maximum absolute atomic E-state index is 12.0. The number of hydrogen-bond acceptors (Lipinski definition) is 3. The summed E-state index contributed by atoms with van der Waals surface area (Å²) in [4.78, 5) is 14.5. The van der Waals surface area contributed by atoms with Crippen LogP contribution in [0.1, 0.15) is 54.4 Å². The van der Waals surface area contributed by atoms with Gasteiger partial charge in [-0.05, 0) is 39.8 Å². The molecule has 2 fully saturated rings. The van der Waals surface area contributed by atoms with Crippen LogP contribution in [0.5, 0.6) is 0 Å². The van der Waals surface area contributed by atoms with Crippen molar-refractivity contribution in [3.05, 3.63) is 0 Å². The zero-order valence-corrected chi connectivity index (χ0v) is 13.8. The maximum Gasteiger partial charge on any atom is 0.141 e. The molecule has 0 atom stereocenters. The van der Waals surface area contributed by atoms with Crippen LogP contribution in [0.25, 0.3) is 0 Å². The highest BCUT2D eigenvalue weighted by molar-refractivity contribution is 5.84. The second kappa shape index (κ2) is 10.4. The fourth-order valence-corrected chi connectivity index (χ4v) is 2.52. The molecule has 2 rings (SSSR count). The van der Waals surface area contributed by atoms with E-state index < -0.39 is 0 Å². The van der Waals surface area contributed by atoms with Gasteiger partial charge in [0.05, 0.1) is 0 Å². The lowest BCUT2D eigenvalue weighted by molar-refractivity contribution is -0.129. The van der Waals surface area contributed by atoms with Gasteiger partial charge >= 0.3 is 0 Å². The minimum absolute atomic E-state index is 0.334. The summed E-state index contributed by atoms with van der Waals surface area (Å²) >= 11 is 0. The molecule has 19 heavy (non-hydrogen) atoms. The largest absolute Gasteiger partial charge is 0.315 e. The summed E-state index contributed by atoms with van der Waals surface area (Å²) in [7, 11) is 0. The van der Waals surface area contributed by atoms with E-state index >= 15 is 0 Å². The second-order valence-corrected chi connectivity index (χ2v) is 5.16. The lowest BCUT2D eigenvalue weighted by Gasteiger charge is -2.36. The van der Waals surface area contributed by atoms with Crippen molar-refractivity contribution in [2.45, 2.75) is 60.4 Å². The number of piperidine rings is 1. The van der Waals surface area contributed by atoms with Gasteiger partial charge in [-0.2, -0.15) is 0 Å². The summed E-state index contributed by atoms with van der Waals surface area (Å²) < 4.78 is 0. The third-order valence-corrected chi connectivity index (χ3v) is 3.85. The average molecular weight is 270 g/mol. The van der Waals surface area contributed by atoms with E-state index in [1.165, 1.54) is 0 Å². The molecule has 0 spiro atoms. The summed E-state index contributed by atoms with van der Waals surface area (Å²) in [5.74, 6) is 1.21. The van der Waals surface area contributed by atoms with E-state index in [4.69, 9.17) is 0 Å². The molecule has 0 saturated carbocycles. The van der Waals surface area contributed by atoms with E-state index in [1.54, 1.807) is 0 Å². The Bertz CT molecular complexity index is 229. The predicted octanol–water partition coefficient (Wildman–Crippen LogP) is 2.95. The number of nitrogens with zero attached hydrogens (tertiary/aromatic N) is 1. The smallest absolute Gasteiger partial charge is 0.141 e. The molecule has 3 nitrogen and oxygen atoms in total. The monoisotopic (exact) mass is 270 g/mol. The van der Waals surface area contributed by atoms with Crippen molar-refractivity contribution in [3.8, 4) is 0 Å². The van der Waals surface area contributed by atoms with Gasteiger partial charge in [-0.25, -0.2) is 0 Å². The van der Waals surface area contributed by atoms with Gasteiger partial charge in [0.15, 0.2) is 0 Å². The first-order valence-electron chi connectivity index (χ1n) is 8.17. The molecule has 114 valence electrons. The summed E-state index contributed by atoms with van der Waals surface area (Å²) in [6.07, 6.45) is 2.15. The number of Topliss-reactive ketones (excluding diaryl/α,β-unsaturated/α-hetero) is 1. The molecule has 3 heteroatoms. The van der Waals surface area contributed by atoms with E-state index in [1.807, 2.05) is 27.7 Å². The first kappa shape index (κ1) is 18.6. The average Bonchev–Trinajstić information content (AvgIpc) is 2.41. The number of ketones is 1. The van der Waals surface area contributed by atoms with E-state index in [0.717, 1.165) is 39.0 Å². The lowest BCUT2D eigenvalue weighted by Crippen LogP contribution is -2.50. The molecule has 0 unspecified atom stereocenters. The van der Waals surface area contributed by atoms with Gasteiger partial charge in [0, 0.05) is 31.0 Å². The number of carbonyl (C=O) groups is 1. The quantitative estimate of drug-likeness (QED) is 0.856. The molecule has 0 aromatic carbocycles. The number of hydrogen-bond donors (Lipinski definition) is 1. The van der Waals surface area contributed by atoms with E-state index in [9.17, 15) is 4.79 Å². The Kier molecular flexibility index (Phi) is 10.2. The molecule has 1 N–H and O–H groups in total. The highest BCUT2D eigenvalue weighted by Crippen LogP contribution is 2.23. The van der Waals surface area contributed by atoms with E-state index in [2.05, 4.69) is 24.1 Å². The minimum Gasteiger partial charge on any atom is -0.315 e. The first-order valence-corrected chi connectivity index (χ1v) is 8.17. The van der Waals surface area contributed by atoms with Crippen LogP contribution < -0.4 is 5.32 Å². The Morgan fingerprint density at radius 3 is 1.79 bits per heavy atom. The lowest BCUT2D eigenvalue weighted by atomic mass is 9.83. The number of carbonyl (C=O) groups excluding carboxylic acids is 1. The molecule has 2 aliphatic heterocycles. The highest BCUT2D eigenvalue weighted by atomic mass is 16.1. The Morgan fingerprint density at radius 1 is 1.00 bits per heavy atom. The normalized spacial score (nSPS) is 20.8. The molecule has 0 aromatic rings. The summed E-state index contributed by atoms with van der Waals surface area (Å²) in [5, 5.41) is 3.18. The molecule has 2 saturated heterocycles. The van der Waals surface area contributed by atoms with Crippen LogP contribution in [0.3, 0.4) is 0 Å². The van der Waals surface area contributed by atoms with Gasteiger partial charge in [-0.1, -0.05) is 27.7 Å². The molecule has 2 aliphatic rings. The minimum atomic E-state index is 0.334. The van der Waals surface area contributed by atoms with Crippen LogP contribution in [-0.4, -0.2) is 42.9 Å². The van der Waals surface area contributed by atoms with Gasteiger partial charge in [0.2, 0.25) is 0 Å². The molecular formula is C16H34N2O. The summed E-state index contributed by atoms with van der Waals surface area (Å²) in [5.41, 5.74) is 0. The van der Waals surface area contributed by atoms with Crippen LogP contribution in [0.4, 0.5) is 0 Å². The van der Waals surface area contributed by atoms with Crippen molar-refractivity contribution in [2.24, 2.45) is 11.8 Å². The van der Waals surface area contributed by atoms with Crippen molar-refractivity contribution in [1.82, 2.24) is 10.2 Å². The van der Waals surface area contributed by atoms with Crippen molar-refractivity contribution in [2.75, 3.05) is 26.2 Å². The zero-order chi connectivity index (χ0) is 14.8. The third kappa shape index (κ3) is 5.62. The van der Waals surface area contributed by atoms with Gasteiger partial charge in [-0.15, -0.1) is 0 Å². The summed E-state index contributed by atoms with van der Waals surface area (Å²) in [6, 6.07) is 0.631. The van der Waals surface area contributed by atoms with Crippen molar-refractivity contribution in [3.63, 3.8) is 0 Å². The van der Waals surface area contributed by atoms with Crippen molar-refractivity contribution < 1.29 is 4.79 Å². The molecule has 2 heterocycles. The van der Waals surface area contributed by atoms with Gasteiger partial charge in [0.1, 0.15) is 5.78 Å². The van der Waals surface area contributed by atoms with Gasteiger partial charge in [-0.3, -0.25) is 4.79 Å². The predicted molar refractivity (Wildman–Crippen MR) is 83.5 cm³/mol. The topological polar surface area (TPSA) is 32.3 Å². The molecule has 0 radical (unpaired) electrons. The van der Waals surface area contributed by atoms with E-state index in [-0.39, 0.29) is 0 Å². The van der Waals surface area contributed by atoms with Gasteiger partial charge < -0.3 is 10.2 Å². The fourth-order valence-electron chi connectivity index (χ4n) is 2.52. The maximum atomic E-state index is 12.0. The van der Waals surface area contributed by atoms with Crippen LogP contribution in [0.2, 0.25) is 0 Å². The molecule has 0 aromatic heterocycles. The number of nitrogens with one attached hydrogen (secondary N) is 1. The zero-order valence-electron chi connectivity index (χ0n) is 13.8. The Balaban J connectivity index is 0.000000741. The highest BCUT2D eigenvalue weighted by Gasteiger charge is 2.33. The Labute approximate surface area is 120 Å². The van der Waals surface area contributed by atoms with Crippen LogP contribution in [0, 0.1) is 11.8 Å². The molecular weight excluding hydrogens is 236 g/mol. The second-order valence-electron chi connectivity index (χ2n) is 5.16. The van der Waals surface area contributed by atoms with Crippen LogP contribution >= 0.6 is 0 Å². The van der Waals surface area contributed by atoms with E-state index in [0.29, 0.717) is 23.7 Å². The van der Waals surface area contributed by atoms with Crippen molar-refractivity contribution in [1.29, 1.82) is 0 Å². The molecule has 0 amide bonds. The summed E-state index contributed by atoms with van der Waals surface area (Å²) in [6.45, 7) is 16.5. The SMILES string of the molecule is CC.CC.CC(C)N1CCC(C(=O)C2CNC2)CC1.